The number of hydrogen-bond donors (Lipinski definition) is 0. The highest BCUT2D eigenvalue weighted by atomic mass is 16.5. The van der Waals surface area contributed by atoms with Gasteiger partial charge in [-0.1, -0.05) is 46.3 Å². The average Bonchev–Trinajstić information content (AvgIpc) is 2.17. The molecule has 0 rings (SSSR count). The predicted molar refractivity (Wildman–Crippen MR) is 59.1 cm³/mol. The third-order valence-corrected chi connectivity index (χ3v) is 2.23. The molecule has 14 heavy (non-hydrogen) atoms. The molecule has 0 heterocycles. The quantitative estimate of drug-likeness (QED) is 0.463. The molecule has 0 aromatic rings. The zero-order valence-electron chi connectivity index (χ0n) is 9.58. The summed E-state index contributed by atoms with van der Waals surface area (Å²) in [4.78, 5) is 11.5. The number of ether oxygens (including phenoxy) is 1. The van der Waals surface area contributed by atoms with Crippen LogP contribution >= 0.6 is 0 Å². The lowest BCUT2D eigenvalue weighted by atomic mass is 10.1. The van der Waals surface area contributed by atoms with E-state index in [1.54, 1.807) is 6.08 Å². The highest BCUT2D eigenvalue weighted by molar-refractivity contribution is 5.72. The summed E-state index contributed by atoms with van der Waals surface area (Å²) in [5, 5.41) is 0. The summed E-state index contributed by atoms with van der Waals surface area (Å²) in [5.41, 5.74) is 0. The molecule has 2 heteroatoms. The Balaban J connectivity index is 3.94. The smallest absolute Gasteiger partial charge is 0.309 e. The lowest BCUT2D eigenvalue weighted by Crippen LogP contribution is -2.21. The fourth-order valence-electron chi connectivity index (χ4n) is 1.33. The minimum atomic E-state index is -0.105. The average molecular weight is 198 g/mol. The van der Waals surface area contributed by atoms with E-state index in [-0.39, 0.29) is 18.0 Å². The van der Waals surface area contributed by atoms with Gasteiger partial charge in [0.1, 0.15) is 6.10 Å². The van der Waals surface area contributed by atoms with Gasteiger partial charge in [0.2, 0.25) is 0 Å². The molecule has 82 valence electrons. The number of esters is 1. The lowest BCUT2D eigenvalue weighted by molar-refractivity contribution is -0.151. The summed E-state index contributed by atoms with van der Waals surface area (Å²) < 4.78 is 5.30. The van der Waals surface area contributed by atoms with Crippen LogP contribution in [0.3, 0.4) is 0 Å². The number of carbonyl (C=O) groups excluding carboxylic acids is 1. The topological polar surface area (TPSA) is 26.3 Å². The van der Waals surface area contributed by atoms with Crippen molar-refractivity contribution in [2.75, 3.05) is 0 Å². The molecule has 0 spiro atoms. The van der Waals surface area contributed by atoms with Gasteiger partial charge < -0.3 is 4.74 Å². The molecule has 0 saturated carbocycles. The van der Waals surface area contributed by atoms with E-state index in [1.807, 2.05) is 6.92 Å². The molecular formula is C12H22O2. The normalized spacial score (nSPS) is 14.5. The highest BCUT2D eigenvalue weighted by Crippen LogP contribution is 2.11. The van der Waals surface area contributed by atoms with Gasteiger partial charge in [-0.25, -0.2) is 0 Å². The van der Waals surface area contributed by atoms with Crippen LogP contribution < -0.4 is 0 Å². The summed E-state index contributed by atoms with van der Waals surface area (Å²) in [6.07, 6.45) is 5.39. The maximum Gasteiger partial charge on any atom is 0.309 e. The van der Waals surface area contributed by atoms with Gasteiger partial charge in [0, 0.05) is 0 Å². The van der Waals surface area contributed by atoms with E-state index >= 15 is 0 Å². The van der Waals surface area contributed by atoms with Crippen molar-refractivity contribution in [3.63, 3.8) is 0 Å². The molecule has 2 nitrogen and oxygen atoms in total. The van der Waals surface area contributed by atoms with Crippen LogP contribution in [-0.2, 0) is 9.53 Å². The molecule has 0 bridgehead atoms. The third-order valence-electron chi connectivity index (χ3n) is 2.23. The third kappa shape index (κ3) is 5.05. The fourth-order valence-corrected chi connectivity index (χ4v) is 1.33. The molecule has 0 aliphatic rings. The molecule has 0 radical (unpaired) electrons. The van der Waals surface area contributed by atoms with Gasteiger partial charge in [0.15, 0.2) is 0 Å². The molecule has 0 aliphatic heterocycles. The molecule has 0 fully saturated rings. The molecule has 0 saturated heterocycles. The second kappa shape index (κ2) is 7.60. The first-order chi connectivity index (χ1) is 6.65. The standard InChI is InChI=1S/C12H22O2/c1-5-8-10(4)12(13)14-11(7-3)9-6-2/h7,10-11H,3,5-6,8-9H2,1-2,4H3. The van der Waals surface area contributed by atoms with Crippen molar-refractivity contribution in [3.8, 4) is 0 Å². The Morgan fingerprint density at radius 3 is 2.36 bits per heavy atom. The molecule has 0 aliphatic carbocycles. The second-order valence-electron chi connectivity index (χ2n) is 3.69. The Kier molecular flexibility index (Phi) is 7.17. The first kappa shape index (κ1) is 13.2. The Morgan fingerprint density at radius 1 is 1.36 bits per heavy atom. The SMILES string of the molecule is C=CC(CCC)OC(=O)C(C)CCC. The van der Waals surface area contributed by atoms with Gasteiger partial charge in [0.25, 0.3) is 0 Å². The first-order valence-electron chi connectivity index (χ1n) is 5.48. The van der Waals surface area contributed by atoms with Crippen LogP contribution in [0.4, 0.5) is 0 Å². The van der Waals surface area contributed by atoms with Crippen LogP contribution in [0.5, 0.6) is 0 Å². The van der Waals surface area contributed by atoms with Crippen molar-refractivity contribution < 1.29 is 9.53 Å². The van der Waals surface area contributed by atoms with Crippen LogP contribution in [0.15, 0.2) is 12.7 Å². The van der Waals surface area contributed by atoms with Crippen molar-refractivity contribution in [3.05, 3.63) is 12.7 Å². The monoisotopic (exact) mass is 198 g/mol. The van der Waals surface area contributed by atoms with E-state index in [1.165, 1.54) is 0 Å². The molecular weight excluding hydrogens is 176 g/mol. The fraction of sp³-hybridized carbons (Fsp3) is 0.750. The van der Waals surface area contributed by atoms with Crippen molar-refractivity contribution in [2.24, 2.45) is 5.92 Å². The predicted octanol–water partition coefficient (Wildman–Crippen LogP) is 3.32. The van der Waals surface area contributed by atoms with Crippen LogP contribution in [0.1, 0.15) is 46.5 Å². The van der Waals surface area contributed by atoms with Crippen LogP contribution in [0.25, 0.3) is 0 Å². The maximum absolute atomic E-state index is 11.5. The first-order valence-corrected chi connectivity index (χ1v) is 5.48. The van der Waals surface area contributed by atoms with Gasteiger partial charge in [0.05, 0.1) is 5.92 Å². The molecule has 2 unspecified atom stereocenters. The van der Waals surface area contributed by atoms with Crippen molar-refractivity contribution in [1.82, 2.24) is 0 Å². The second-order valence-corrected chi connectivity index (χ2v) is 3.69. The lowest BCUT2D eigenvalue weighted by Gasteiger charge is -2.16. The van der Waals surface area contributed by atoms with Crippen LogP contribution in [0.2, 0.25) is 0 Å². The van der Waals surface area contributed by atoms with E-state index in [0.29, 0.717) is 0 Å². The molecule has 0 N–H and O–H groups in total. The van der Waals surface area contributed by atoms with Gasteiger partial charge in [-0.15, -0.1) is 0 Å². The van der Waals surface area contributed by atoms with Gasteiger partial charge >= 0.3 is 5.97 Å². The van der Waals surface area contributed by atoms with E-state index in [2.05, 4.69) is 20.4 Å². The van der Waals surface area contributed by atoms with E-state index in [9.17, 15) is 4.79 Å². The zero-order chi connectivity index (χ0) is 11.0. The van der Waals surface area contributed by atoms with Crippen LogP contribution in [-0.4, -0.2) is 12.1 Å². The Morgan fingerprint density at radius 2 is 1.93 bits per heavy atom. The summed E-state index contributed by atoms with van der Waals surface area (Å²) in [5.74, 6) is -0.0792. The number of carbonyl (C=O) groups is 1. The summed E-state index contributed by atoms with van der Waals surface area (Å²) >= 11 is 0. The Bertz CT molecular complexity index is 175. The van der Waals surface area contributed by atoms with Crippen molar-refractivity contribution >= 4 is 5.97 Å². The van der Waals surface area contributed by atoms with E-state index in [0.717, 1.165) is 25.7 Å². The largest absolute Gasteiger partial charge is 0.458 e. The van der Waals surface area contributed by atoms with Gasteiger partial charge in [-0.05, 0) is 12.8 Å². The Labute approximate surface area is 87.3 Å². The minimum absolute atomic E-state index is 0.0132. The zero-order valence-corrected chi connectivity index (χ0v) is 9.58. The van der Waals surface area contributed by atoms with Crippen LogP contribution in [0, 0.1) is 5.92 Å². The van der Waals surface area contributed by atoms with E-state index < -0.39 is 0 Å². The van der Waals surface area contributed by atoms with Gasteiger partial charge in [-0.2, -0.15) is 0 Å². The maximum atomic E-state index is 11.5. The number of rotatable bonds is 7. The van der Waals surface area contributed by atoms with Gasteiger partial charge in [-0.3, -0.25) is 4.79 Å². The molecule has 0 amide bonds. The van der Waals surface area contributed by atoms with Crippen molar-refractivity contribution in [1.29, 1.82) is 0 Å². The summed E-state index contributed by atoms with van der Waals surface area (Å²) in [7, 11) is 0. The summed E-state index contributed by atoms with van der Waals surface area (Å²) in [6.45, 7) is 9.71. The Hall–Kier alpha value is -0.790. The minimum Gasteiger partial charge on any atom is -0.458 e. The number of hydrogen-bond acceptors (Lipinski definition) is 2. The van der Waals surface area contributed by atoms with Crippen molar-refractivity contribution in [2.45, 2.75) is 52.6 Å². The highest BCUT2D eigenvalue weighted by Gasteiger charge is 2.16. The molecule has 2 atom stereocenters. The molecule has 0 aromatic heterocycles. The molecule has 0 aromatic carbocycles. The summed E-state index contributed by atoms with van der Waals surface area (Å²) in [6, 6.07) is 0. The van der Waals surface area contributed by atoms with E-state index in [4.69, 9.17) is 4.74 Å².